The van der Waals surface area contributed by atoms with Gasteiger partial charge in [-0.3, -0.25) is 9.78 Å². The molecular weight excluding hydrogens is 352 g/mol. The lowest BCUT2D eigenvalue weighted by molar-refractivity contribution is -0.111. The number of aromatic nitrogens is 1. The van der Waals surface area contributed by atoms with E-state index in [0.717, 1.165) is 16.9 Å². The van der Waals surface area contributed by atoms with Crippen LogP contribution in [0.4, 0.5) is 5.69 Å². The van der Waals surface area contributed by atoms with Crippen molar-refractivity contribution in [3.8, 4) is 11.5 Å². The van der Waals surface area contributed by atoms with Crippen LogP contribution in [-0.4, -0.2) is 17.5 Å². The Hall–Kier alpha value is -3.60. The quantitative estimate of drug-likeness (QED) is 0.580. The Labute approximate surface area is 164 Å². The molecule has 0 aliphatic rings. The number of carbonyl (C=O) groups is 1. The molecule has 2 aromatic carbocycles. The average Bonchev–Trinajstić information content (AvgIpc) is 2.73. The number of pyridine rings is 1. The molecule has 0 saturated carbocycles. The zero-order valence-electron chi connectivity index (χ0n) is 15.7. The molecule has 0 bridgehead atoms. The van der Waals surface area contributed by atoms with Crippen LogP contribution in [-0.2, 0) is 11.4 Å². The Balaban J connectivity index is 1.60. The molecule has 0 unspecified atom stereocenters. The lowest BCUT2D eigenvalue weighted by Gasteiger charge is -2.08. The highest BCUT2D eigenvalue weighted by molar-refractivity contribution is 6.02. The van der Waals surface area contributed by atoms with Gasteiger partial charge >= 0.3 is 0 Å². The Morgan fingerprint density at radius 1 is 1.07 bits per heavy atom. The first-order chi connectivity index (χ1) is 13.7. The molecule has 0 spiro atoms. The van der Waals surface area contributed by atoms with Crippen LogP contribution in [0.25, 0.3) is 6.08 Å². The van der Waals surface area contributed by atoms with E-state index in [0.29, 0.717) is 24.7 Å². The van der Waals surface area contributed by atoms with Gasteiger partial charge in [-0.25, -0.2) is 0 Å². The van der Waals surface area contributed by atoms with E-state index in [4.69, 9.17) is 9.47 Å². The minimum atomic E-state index is -0.226. The smallest absolute Gasteiger partial charge is 0.248 e. The predicted octanol–water partition coefficient (Wildman–Crippen LogP) is 4.71. The van der Waals surface area contributed by atoms with Crippen LogP contribution >= 0.6 is 0 Å². The average molecular weight is 374 g/mol. The number of nitrogens with zero attached hydrogens (tertiary/aromatic N) is 1. The first-order valence-corrected chi connectivity index (χ1v) is 9.07. The molecule has 142 valence electrons. The largest absolute Gasteiger partial charge is 0.493 e. The van der Waals surface area contributed by atoms with Crippen LogP contribution in [0, 0.1) is 0 Å². The van der Waals surface area contributed by atoms with Gasteiger partial charge in [0.15, 0.2) is 0 Å². The fraction of sp³-hybridized carbons (Fsp3) is 0.130. The van der Waals surface area contributed by atoms with Gasteiger partial charge < -0.3 is 14.8 Å². The molecule has 1 heterocycles. The number of nitrogens with one attached hydrogen (secondary N) is 1. The van der Waals surface area contributed by atoms with E-state index in [2.05, 4.69) is 10.3 Å². The molecule has 0 aliphatic carbocycles. The number of rotatable bonds is 8. The van der Waals surface area contributed by atoms with Gasteiger partial charge in [-0.05, 0) is 37.3 Å². The van der Waals surface area contributed by atoms with Crippen molar-refractivity contribution in [2.45, 2.75) is 13.5 Å². The minimum Gasteiger partial charge on any atom is -0.493 e. The summed E-state index contributed by atoms with van der Waals surface area (Å²) in [7, 11) is 0. The Morgan fingerprint density at radius 2 is 1.96 bits per heavy atom. The molecule has 3 rings (SSSR count). The first-order valence-electron chi connectivity index (χ1n) is 9.07. The van der Waals surface area contributed by atoms with Crippen LogP contribution in [0.15, 0.2) is 79.1 Å². The summed E-state index contributed by atoms with van der Waals surface area (Å²) in [6, 6.07) is 18.7. The molecule has 0 radical (unpaired) electrons. The van der Waals surface area contributed by atoms with E-state index in [1.165, 1.54) is 6.08 Å². The van der Waals surface area contributed by atoms with Crippen LogP contribution in [0.1, 0.15) is 18.1 Å². The molecule has 0 saturated heterocycles. The SMILES string of the molecule is CCOc1ccccc1/C=C/C(=O)Nc1cccc(OCc2cccnc2)c1. The van der Waals surface area contributed by atoms with Gasteiger partial charge in [-0.1, -0.05) is 30.3 Å². The number of ether oxygens (including phenoxy) is 2. The Morgan fingerprint density at radius 3 is 2.79 bits per heavy atom. The maximum absolute atomic E-state index is 12.3. The summed E-state index contributed by atoms with van der Waals surface area (Å²) < 4.78 is 11.3. The molecule has 0 aliphatic heterocycles. The second kappa shape index (κ2) is 9.92. The van der Waals surface area contributed by atoms with E-state index >= 15 is 0 Å². The van der Waals surface area contributed by atoms with Gasteiger partial charge in [0.05, 0.1) is 6.61 Å². The highest BCUT2D eigenvalue weighted by Gasteiger charge is 2.03. The first kappa shape index (κ1) is 19.2. The second-order valence-electron chi connectivity index (χ2n) is 5.97. The van der Waals surface area contributed by atoms with Crippen molar-refractivity contribution < 1.29 is 14.3 Å². The van der Waals surface area contributed by atoms with Gasteiger partial charge in [-0.15, -0.1) is 0 Å². The predicted molar refractivity (Wildman–Crippen MR) is 110 cm³/mol. The fourth-order valence-electron chi connectivity index (χ4n) is 2.57. The van der Waals surface area contributed by atoms with Gasteiger partial charge in [0.1, 0.15) is 18.1 Å². The zero-order valence-corrected chi connectivity index (χ0v) is 15.7. The summed E-state index contributed by atoms with van der Waals surface area (Å²) in [5.74, 6) is 1.20. The minimum absolute atomic E-state index is 0.226. The number of para-hydroxylation sites is 1. The molecule has 0 atom stereocenters. The highest BCUT2D eigenvalue weighted by atomic mass is 16.5. The number of amides is 1. The standard InChI is InChI=1S/C23H22N2O3/c1-2-27-22-11-4-3-8-19(22)12-13-23(26)25-20-9-5-10-21(15-20)28-17-18-7-6-14-24-16-18/h3-16H,2,17H2,1H3,(H,25,26)/b13-12+. The molecule has 3 aromatic rings. The van der Waals surface area contributed by atoms with Crippen LogP contribution in [0.2, 0.25) is 0 Å². The van der Waals surface area contributed by atoms with Gasteiger partial charge in [0, 0.05) is 41.4 Å². The van der Waals surface area contributed by atoms with Gasteiger partial charge in [0.25, 0.3) is 0 Å². The maximum Gasteiger partial charge on any atom is 0.248 e. The van der Waals surface area contributed by atoms with E-state index < -0.39 is 0 Å². The molecule has 1 N–H and O–H groups in total. The molecule has 1 amide bonds. The van der Waals surface area contributed by atoms with E-state index in [1.54, 1.807) is 24.5 Å². The van der Waals surface area contributed by atoms with E-state index in [9.17, 15) is 4.79 Å². The van der Waals surface area contributed by atoms with Gasteiger partial charge in [-0.2, -0.15) is 0 Å². The molecule has 28 heavy (non-hydrogen) atoms. The number of benzene rings is 2. The highest BCUT2D eigenvalue weighted by Crippen LogP contribution is 2.20. The fourth-order valence-corrected chi connectivity index (χ4v) is 2.57. The Kier molecular flexibility index (Phi) is 6.79. The molecule has 1 aromatic heterocycles. The normalized spacial score (nSPS) is 10.6. The molecule has 5 nitrogen and oxygen atoms in total. The molecule has 5 heteroatoms. The van der Waals surface area contributed by atoms with Crippen molar-refractivity contribution in [3.05, 3.63) is 90.3 Å². The lowest BCUT2D eigenvalue weighted by Crippen LogP contribution is -2.08. The molecule has 0 fully saturated rings. The monoisotopic (exact) mass is 374 g/mol. The number of anilines is 1. The number of hydrogen-bond donors (Lipinski definition) is 1. The third-order valence-corrected chi connectivity index (χ3v) is 3.86. The molecular formula is C23H22N2O3. The zero-order chi connectivity index (χ0) is 19.6. The van der Waals surface area contributed by atoms with Gasteiger partial charge in [0.2, 0.25) is 5.91 Å². The van der Waals surface area contributed by atoms with Crippen molar-refractivity contribution in [1.29, 1.82) is 0 Å². The van der Waals surface area contributed by atoms with E-state index in [1.807, 2.05) is 61.5 Å². The number of hydrogen-bond acceptors (Lipinski definition) is 4. The van der Waals surface area contributed by atoms with Crippen molar-refractivity contribution in [2.24, 2.45) is 0 Å². The summed E-state index contributed by atoms with van der Waals surface area (Å²) in [5.41, 5.74) is 2.50. The third kappa shape index (κ3) is 5.71. The number of carbonyl (C=O) groups excluding carboxylic acids is 1. The Bertz CT molecular complexity index is 939. The topological polar surface area (TPSA) is 60.5 Å². The third-order valence-electron chi connectivity index (χ3n) is 3.86. The maximum atomic E-state index is 12.3. The van der Waals surface area contributed by atoms with Crippen molar-refractivity contribution in [1.82, 2.24) is 4.98 Å². The van der Waals surface area contributed by atoms with Crippen LogP contribution in [0.3, 0.4) is 0 Å². The second-order valence-corrected chi connectivity index (χ2v) is 5.97. The summed E-state index contributed by atoms with van der Waals surface area (Å²) in [6.45, 7) is 2.92. The van der Waals surface area contributed by atoms with Crippen LogP contribution < -0.4 is 14.8 Å². The van der Waals surface area contributed by atoms with Crippen molar-refractivity contribution in [2.75, 3.05) is 11.9 Å². The summed E-state index contributed by atoms with van der Waals surface area (Å²) >= 11 is 0. The summed E-state index contributed by atoms with van der Waals surface area (Å²) in [6.07, 6.45) is 6.71. The van der Waals surface area contributed by atoms with Crippen molar-refractivity contribution >= 4 is 17.7 Å². The van der Waals surface area contributed by atoms with Crippen molar-refractivity contribution in [3.63, 3.8) is 0 Å². The van der Waals surface area contributed by atoms with E-state index in [-0.39, 0.29) is 5.91 Å². The lowest BCUT2D eigenvalue weighted by atomic mass is 10.2. The van der Waals surface area contributed by atoms with Crippen LogP contribution in [0.5, 0.6) is 11.5 Å². The summed E-state index contributed by atoms with van der Waals surface area (Å²) in [5, 5.41) is 2.84. The summed E-state index contributed by atoms with van der Waals surface area (Å²) in [4.78, 5) is 16.3.